The van der Waals surface area contributed by atoms with Crippen molar-refractivity contribution in [1.82, 2.24) is 14.5 Å². The van der Waals surface area contributed by atoms with Gasteiger partial charge in [0.25, 0.3) is 0 Å². The van der Waals surface area contributed by atoms with Gasteiger partial charge in [-0.3, -0.25) is 0 Å². The molecule has 0 bridgehead atoms. The van der Waals surface area contributed by atoms with Gasteiger partial charge in [-0.25, -0.2) is 9.37 Å². The van der Waals surface area contributed by atoms with Gasteiger partial charge in [0.05, 0.1) is 11.6 Å². The van der Waals surface area contributed by atoms with Crippen LogP contribution in [0.25, 0.3) is 0 Å². The Morgan fingerprint density at radius 3 is 3.18 bits per heavy atom. The van der Waals surface area contributed by atoms with Crippen molar-refractivity contribution in [2.24, 2.45) is 5.92 Å². The fraction of sp³-hybridized carbons (Fsp3) is 0.412. The largest absolute Gasteiger partial charge is 0.335 e. The van der Waals surface area contributed by atoms with Crippen molar-refractivity contribution < 1.29 is 4.39 Å². The number of fused-ring (bicyclic) bond motifs is 1. The highest BCUT2D eigenvalue weighted by Crippen LogP contribution is 2.20. The van der Waals surface area contributed by atoms with Gasteiger partial charge in [-0.1, -0.05) is 0 Å². The summed E-state index contributed by atoms with van der Waals surface area (Å²) in [6.07, 6.45) is 5.99. The van der Waals surface area contributed by atoms with Crippen LogP contribution in [0.5, 0.6) is 0 Å². The zero-order valence-electron chi connectivity index (χ0n) is 12.7. The molecule has 2 aromatic rings. The van der Waals surface area contributed by atoms with Crippen molar-refractivity contribution in [3.8, 4) is 6.07 Å². The third-order valence-electron chi connectivity index (χ3n) is 4.22. The van der Waals surface area contributed by atoms with E-state index in [1.807, 2.05) is 19.4 Å². The predicted molar refractivity (Wildman–Crippen MR) is 81.5 cm³/mol. The Labute approximate surface area is 129 Å². The van der Waals surface area contributed by atoms with Crippen molar-refractivity contribution >= 4 is 0 Å². The molecule has 0 saturated heterocycles. The molecule has 0 aliphatic carbocycles. The molecular weight excluding hydrogens is 279 g/mol. The average molecular weight is 298 g/mol. The lowest BCUT2D eigenvalue weighted by Gasteiger charge is -2.28. The highest BCUT2D eigenvalue weighted by atomic mass is 19.1. The summed E-state index contributed by atoms with van der Waals surface area (Å²) < 4.78 is 16.1. The molecule has 2 heterocycles. The molecule has 0 N–H and O–H groups in total. The first-order valence-electron chi connectivity index (χ1n) is 7.53. The fourth-order valence-electron chi connectivity index (χ4n) is 3.15. The number of halogens is 1. The second-order valence-electron chi connectivity index (χ2n) is 6.02. The molecule has 3 rings (SSSR count). The predicted octanol–water partition coefficient (Wildman–Crippen LogP) is 2.59. The topological polar surface area (TPSA) is 44.9 Å². The molecule has 0 spiro atoms. The van der Waals surface area contributed by atoms with Gasteiger partial charge in [-0.05, 0) is 37.6 Å². The summed E-state index contributed by atoms with van der Waals surface area (Å²) in [5, 5.41) is 8.93. The summed E-state index contributed by atoms with van der Waals surface area (Å²) in [6.45, 7) is 2.41. The van der Waals surface area contributed by atoms with E-state index >= 15 is 0 Å². The Morgan fingerprint density at radius 1 is 1.50 bits per heavy atom. The molecule has 1 aromatic heterocycles. The van der Waals surface area contributed by atoms with E-state index in [1.54, 1.807) is 6.07 Å². The standard InChI is InChI=1S/C17H19FN4/c1-21(12-15-8-13(9-19)2-4-16(15)18)10-14-3-5-17-20-6-7-22(17)11-14/h2,4,6-8,14H,3,5,10-12H2,1H3/t14-/m0/s1. The first-order chi connectivity index (χ1) is 10.7. The van der Waals surface area contributed by atoms with Crippen molar-refractivity contribution in [2.45, 2.75) is 25.9 Å². The Kier molecular flexibility index (Phi) is 4.21. The number of aromatic nitrogens is 2. The third-order valence-corrected chi connectivity index (χ3v) is 4.22. The summed E-state index contributed by atoms with van der Waals surface area (Å²) in [7, 11) is 2.00. The summed E-state index contributed by atoms with van der Waals surface area (Å²) in [4.78, 5) is 6.47. The number of hydrogen-bond donors (Lipinski definition) is 0. The van der Waals surface area contributed by atoms with Gasteiger partial charge in [0, 0.05) is 44.0 Å². The summed E-state index contributed by atoms with van der Waals surface area (Å²) >= 11 is 0. The molecule has 0 fully saturated rings. The number of nitriles is 1. The number of nitrogens with zero attached hydrogens (tertiary/aromatic N) is 4. The second kappa shape index (κ2) is 6.29. The first kappa shape index (κ1) is 14.7. The Balaban J connectivity index is 1.61. The smallest absolute Gasteiger partial charge is 0.127 e. The SMILES string of the molecule is CN(Cc1cc(C#N)ccc1F)C[C@@H]1CCc2nccn2C1. The Hall–Kier alpha value is -2.19. The van der Waals surface area contributed by atoms with E-state index in [1.165, 1.54) is 12.1 Å². The zero-order valence-corrected chi connectivity index (χ0v) is 12.7. The van der Waals surface area contributed by atoms with Gasteiger partial charge in [-0.15, -0.1) is 0 Å². The van der Waals surface area contributed by atoms with Gasteiger partial charge in [0.2, 0.25) is 0 Å². The maximum Gasteiger partial charge on any atom is 0.127 e. The molecule has 0 amide bonds. The maximum absolute atomic E-state index is 13.9. The lowest BCUT2D eigenvalue weighted by atomic mass is 9.98. The zero-order chi connectivity index (χ0) is 15.5. The van der Waals surface area contributed by atoms with Gasteiger partial charge < -0.3 is 9.47 Å². The average Bonchev–Trinajstić information content (AvgIpc) is 2.97. The van der Waals surface area contributed by atoms with E-state index < -0.39 is 0 Å². The van der Waals surface area contributed by atoms with Crippen LogP contribution in [-0.4, -0.2) is 28.0 Å². The summed E-state index contributed by atoms with van der Waals surface area (Å²) in [6, 6.07) is 6.59. The summed E-state index contributed by atoms with van der Waals surface area (Å²) in [5.41, 5.74) is 1.09. The lowest BCUT2D eigenvalue weighted by molar-refractivity contribution is 0.227. The van der Waals surface area contributed by atoms with E-state index in [-0.39, 0.29) is 5.82 Å². The minimum atomic E-state index is -0.244. The van der Waals surface area contributed by atoms with Crippen LogP contribution in [0.15, 0.2) is 30.6 Å². The summed E-state index contributed by atoms with van der Waals surface area (Å²) in [5.74, 6) is 1.46. The Bertz CT molecular complexity index is 701. The number of benzene rings is 1. The second-order valence-corrected chi connectivity index (χ2v) is 6.02. The van der Waals surface area contributed by atoms with E-state index in [0.29, 0.717) is 23.6 Å². The number of aryl methyl sites for hydroxylation is 1. The lowest BCUT2D eigenvalue weighted by Crippen LogP contribution is -2.31. The van der Waals surface area contributed by atoms with Crippen LogP contribution in [-0.2, 0) is 19.5 Å². The van der Waals surface area contributed by atoms with E-state index in [4.69, 9.17) is 5.26 Å². The molecule has 114 valence electrons. The number of hydrogen-bond acceptors (Lipinski definition) is 3. The van der Waals surface area contributed by atoms with Gasteiger partial charge in [0.1, 0.15) is 11.6 Å². The molecule has 1 aliphatic rings. The minimum Gasteiger partial charge on any atom is -0.335 e. The molecule has 1 aliphatic heterocycles. The fourth-order valence-corrected chi connectivity index (χ4v) is 3.15. The monoisotopic (exact) mass is 298 g/mol. The third kappa shape index (κ3) is 3.18. The van der Waals surface area contributed by atoms with Crippen LogP contribution >= 0.6 is 0 Å². The van der Waals surface area contributed by atoms with Crippen molar-refractivity contribution in [2.75, 3.05) is 13.6 Å². The van der Waals surface area contributed by atoms with E-state index in [9.17, 15) is 4.39 Å². The molecule has 1 aromatic carbocycles. The number of rotatable bonds is 4. The minimum absolute atomic E-state index is 0.244. The van der Waals surface area contributed by atoms with Gasteiger partial charge >= 0.3 is 0 Å². The maximum atomic E-state index is 13.9. The molecule has 4 nitrogen and oxygen atoms in total. The van der Waals surface area contributed by atoms with Crippen LogP contribution < -0.4 is 0 Å². The van der Waals surface area contributed by atoms with Crippen molar-refractivity contribution in [3.63, 3.8) is 0 Å². The van der Waals surface area contributed by atoms with Crippen LogP contribution in [0.2, 0.25) is 0 Å². The molecule has 0 radical (unpaired) electrons. The van der Waals surface area contributed by atoms with Crippen LogP contribution in [0.1, 0.15) is 23.4 Å². The Morgan fingerprint density at radius 2 is 2.36 bits per heavy atom. The van der Waals surface area contributed by atoms with Crippen molar-refractivity contribution in [1.29, 1.82) is 5.26 Å². The van der Waals surface area contributed by atoms with Gasteiger partial charge in [-0.2, -0.15) is 5.26 Å². The van der Waals surface area contributed by atoms with E-state index in [2.05, 4.69) is 20.5 Å². The van der Waals surface area contributed by atoms with Crippen LogP contribution in [0.3, 0.4) is 0 Å². The van der Waals surface area contributed by atoms with Crippen molar-refractivity contribution in [3.05, 3.63) is 53.4 Å². The van der Waals surface area contributed by atoms with Crippen LogP contribution in [0, 0.1) is 23.1 Å². The molecule has 22 heavy (non-hydrogen) atoms. The highest BCUT2D eigenvalue weighted by molar-refractivity contribution is 5.33. The number of imidazole rings is 1. The highest BCUT2D eigenvalue weighted by Gasteiger charge is 2.20. The van der Waals surface area contributed by atoms with Gasteiger partial charge in [0.15, 0.2) is 0 Å². The van der Waals surface area contributed by atoms with E-state index in [0.717, 1.165) is 31.8 Å². The molecule has 5 heteroatoms. The molecule has 1 atom stereocenters. The van der Waals surface area contributed by atoms with Crippen LogP contribution in [0.4, 0.5) is 4.39 Å². The quantitative estimate of drug-likeness (QED) is 0.871. The molecule has 0 saturated carbocycles. The first-order valence-corrected chi connectivity index (χ1v) is 7.53. The normalized spacial score (nSPS) is 17.3. The molecule has 0 unspecified atom stereocenters. The molecular formula is C17H19FN4.